The van der Waals surface area contributed by atoms with Gasteiger partial charge in [-0.1, -0.05) is 17.7 Å². The van der Waals surface area contributed by atoms with Crippen LogP contribution in [0.15, 0.2) is 91.0 Å². The van der Waals surface area contributed by atoms with E-state index < -0.39 is 45.6 Å². The summed E-state index contributed by atoms with van der Waals surface area (Å²) in [7, 11) is 0. The molecular weight excluding hydrogens is 536 g/mol. The largest absolute Gasteiger partial charge is 0.454 e. The van der Waals surface area contributed by atoms with Gasteiger partial charge in [-0.15, -0.1) is 0 Å². The lowest BCUT2D eigenvalue weighted by Gasteiger charge is -2.08. The number of benzene rings is 4. The molecule has 0 amide bonds. The van der Waals surface area contributed by atoms with E-state index in [1.165, 1.54) is 48.5 Å². The van der Waals surface area contributed by atoms with Gasteiger partial charge in [-0.25, -0.2) is 9.59 Å². The molecule has 0 heterocycles. The lowest BCUT2D eigenvalue weighted by molar-refractivity contribution is -0.394. The number of hydrogen-bond donors (Lipinski definition) is 0. The predicted molar refractivity (Wildman–Crippen MR) is 143 cm³/mol. The topological polar surface area (TPSA) is 165 Å². The summed E-state index contributed by atoms with van der Waals surface area (Å²) in [6.07, 6.45) is 0. The van der Waals surface area contributed by atoms with Crippen LogP contribution in [-0.4, -0.2) is 34.2 Å². The van der Waals surface area contributed by atoms with Gasteiger partial charge in [-0.05, 0) is 73.7 Å². The molecule has 0 saturated heterocycles. The van der Waals surface area contributed by atoms with Gasteiger partial charge in [0, 0.05) is 11.6 Å². The second kappa shape index (κ2) is 12.3. The monoisotopic (exact) mass is 556 g/mol. The molecule has 0 saturated carbocycles. The molecular formula is C29H20N2O10. The minimum absolute atomic E-state index is 0.0849. The van der Waals surface area contributed by atoms with Crippen LogP contribution in [0.25, 0.3) is 0 Å². The smallest absolute Gasteiger partial charge is 0.343 e. The number of ether oxygens (including phenoxy) is 3. The maximum Gasteiger partial charge on any atom is 0.343 e. The molecule has 12 heteroatoms. The highest BCUT2D eigenvalue weighted by atomic mass is 16.6. The molecule has 4 aromatic carbocycles. The van der Waals surface area contributed by atoms with Crippen molar-refractivity contribution in [1.82, 2.24) is 0 Å². The van der Waals surface area contributed by atoms with Crippen LogP contribution >= 0.6 is 0 Å². The molecule has 0 spiro atoms. The Morgan fingerprint density at radius 1 is 0.683 bits per heavy atom. The molecule has 41 heavy (non-hydrogen) atoms. The Bertz CT molecular complexity index is 1630. The summed E-state index contributed by atoms with van der Waals surface area (Å²) in [5.74, 6) is -1.68. The average Bonchev–Trinajstić information content (AvgIpc) is 2.96. The van der Waals surface area contributed by atoms with Crippen molar-refractivity contribution in [2.24, 2.45) is 0 Å². The zero-order valence-electron chi connectivity index (χ0n) is 21.3. The summed E-state index contributed by atoms with van der Waals surface area (Å²) < 4.78 is 15.8. The summed E-state index contributed by atoms with van der Waals surface area (Å²) in [6.45, 7) is 1.35. The van der Waals surface area contributed by atoms with Crippen molar-refractivity contribution < 1.29 is 38.4 Å². The molecule has 0 N–H and O–H groups in total. The van der Waals surface area contributed by atoms with Crippen LogP contribution in [0.1, 0.15) is 36.6 Å². The van der Waals surface area contributed by atoms with Crippen molar-refractivity contribution in [1.29, 1.82) is 0 Å². The molecule has 0 bridgehead atoms. The number of ketones is 1. The van der Waals surface area contributed by atoms with E-state index in [2.05, 4.69) is 0 Å². The van der Waals surface area contributed by atoms with E-state index in [-0.39, 0.29) is 28.4 Å². The van der Waals surface area contributed by atoms with Crippen molar-refractivity contribution in [3.05, 3.63) is 133 Å². The first-order chi connectivity index (χ1) is 19.6. The molecule has 0 aliphatic heterocycles. The van der Waals surface area contributed by atoms with Crippen molar-refractivity contribution in [3.63, 3.8) is 0 Å². The molecule has 0 aliphatic carbocycles. The van der Waals surface area contributed by atoms with E-state index in [1.807, 2.05) is 6.92 Å². The maximum atomic E-state index is 12.5. The van der Waals surface area contributed by atoms with Gasteiger partial charge in [0.15, 0.2) is 12.4 Å². The first-order valence-electron chi connectivity index (χ1n) is 11.9. The van der Waals surface area contributed by atoms with Crippen molar-refractivity contribution in [2.75, 3.05) is 6.61 Å². The third kappa shape index (κ3) is 7.15. The highest BCUT2D eigenvalue weighted by Crippen LogP contribution is 2.34. The molecule has 0 radical (unpaired) electrons. The molecule has 0 aromatic heterocycles. The Morgan fingerprint density at radius 3 is 1.85 bits per heavy atom. The van der Waals surface area contributed by atoms with Crippen molar-refractivity contribution >= 4 is 29.1 Å². The standard InChI is InChI=1S/C29H20N2O10/c1-18-2-4-21(5-3-18)29(34)41-24-11-6-19(7-12-24)26(32)17-39-28(33)20-8-13-23(14-9-20)40-27-15-10-22(30(35)36)16-25(27)31(37)38/h2-16H,17H2,1H3. The number of carbonyl (C=O) groups excluding carboxylic acids is 3. The Hall–Kier alpha value is -5.91. The number of nitro benzene ring substituents is 2. The Balaban J connectivity index is 1.31. The van der Waals surface area contributed by atoms with E-state index in [0.717, 1.165) is 23.8 Å². The fourth-order valence-corrected chi connectivity index (χ4v) is 3.50. The van der Waals surface area contributed by atoms with E-state index >= 15 is 0 Å². The minimum atomic E-state index is -0.809. The summed E-state index contributed by atoms with van der Waals surface area (Å²) in [6, 6.07) is 21.0. The lowest BCUT2D eigenvalue weighted by Crippen LogP contribution is -2.14. The van der Waals surface area contributed by atoms with E-state index in [9.17, 15) is 34.6 Å². The molecule has 0 aliphatic rings. The number of nitrogens with zero attached hydrogens (tertiary/aromatic N) is 2. The van der Waals surface area contributed by atoms with Gasteiger partial charge >= 0.3 is 17.6 Å². The molecule has 0 unspecified atom stereocenters. The van der Waals surface area contributed by atoms with Crippen molar-refractivity contribution in [3.8, 4) is 17.2 Å². The van der Waals surface area contributed by atoms with Crippen LogP contribution in [-0.2, 0) is 4.74 Å². The summed E-state index contributed by atoms with van der Waals surface area (Å²) >= 11 is 0. The fraction of sp³-hybridized carbons (Fsp3) is 0.0690. The second-order valence-corrected chi connectivity index (χ2v) is 8.57. The zero-order chi connectivity index (χ0) is 29.5. The number of aryl methyl sites for hydroxylation is 1. The highest BCUT2D eigenvalue weighted by molar-refractivity contribution is 5.99. The van der Waals surface area contributed by atoms with Gasteiger partial charge in [0.25, 0.3) is 5.69 Å². The summed E-state index contributed by atoms with van der Waals surface area (Å²) in [4.78, 5) is 57.7. The number of hydrogen-bond acceptors (Lipinski definition) is 10. The third-order valence-corrected chi connectivity index (χ3v) is 5.68. The van der Waals surface area contributed by atoms with Gasteiger partial charge < -0.3 is 14.2 Å². The normalized spacial score (nSPS) is 10.4. The van der Waals surface area contributed by atoms with Gasteiger partial charge in [-0.2, -0.15) is 0 Å². The maximum absolute atomic E-state index is 12.5. The second-order valence-electron chi connectivity index (χ2n) is 8.57. The molecule has 0 fully saturated rings. The Morgan fingerprint density at radius 2 is 1.24 bits per heavy atom. The molecule has 206 valence electrons. The van der Waals surface area contributed by atoms with Crippen LogP contribution in [0, 0.1) is 27.2 Å². The molecule has 4 aromatic rings. The van der Waals surface area contributed by atoms with E-state index in [4.69, 9.17) is 14.2 Å². The number of carbonyl (C=O) groups is 3. The van der Waals surface area contributed by atoms with E-state index in [0.29, 0.717) is 5.56 Å². The van der Waals surface area contributed by atoms with Crippen LogP contribution < -0.4 is 9.47 Å². The average molecular weight is 556 g/mol. The first-order valence-corrected chi connectivity index (χ1v) is 11.9. The fourth-order valence-electron chi connectivity index (χ4n) is 3.50. The van der Waals surface area contributed by atoms with Crippen LogP contribution in [0.5, 0.6) is 17.2 Å². The summed E-state index contributed by atoms with van der Waals surface area (Å²) in [5, 5.41) is 22.2. The first kappa shape index (κ1) is 28.1. The van der Waals surface area contributed by atoms with Crippen molar-refractivity contribution in [2.45, 2.75) is 6.92 Å². The molecule has 0 atom stereocenters. The van der Waals surface area contributed by atoms with Crippen LogP contribution in [0.4, 0.5) is 11.4 Å². The van der Waals surface area contributed by atoms with Gasteiger partial charge in [0.2, 0.25) is 5.75 Å². The third-order valence-electron chi connectivity index (χ3n) is 5.68. The molecule has 4 rings (SSSR count). The number of Topliss-reactive ketones (excluding diaryl/α,β-unsaturated/α-hetero) is 1. The van der Waals surface area contributed by atoms with Crippen LogP contribution in [0.2, 0.25) is 0 Å². The Kier molecular flexibility index (Phi) is 8.43. The predicted octanol–water partition coefficient (Wildman–Crippen LogP) is 5.86. The highest BCUT2D eigenvalue weighted by Gasteiger charge is 2.21. The van der Waals surface area contributed by atoms with Crippen LogP contribution in [0.3, 0.4) is 0 Å². The number of nitro groups is 2. The SMILES string of the molecule is Cc1ccc(C(=O)Oc2ccc(C(=O)COC(=O)c3ccc(Oc4ccc([N+](=O)[O-])cc4[N+](=O)[O-])cc3)cc2)cc1. The summed E-state index contributed by atoms with van der Waals surface area (Å²) in [5.41, 5.74) is 0.648. The number of non-ortho nitro benzene ring substituents is 1. The van der Waals surface area contributed by atoms with E-state index in [1.54, 1.807) is 24.3 Å². The van der Waals surface area contributed by atoms with Gasteiger partial charge in [0.1, 0.15) is 11.5 Å². The lowest BCUT2D eigenvalue weighted by atomic mass is 10.1. The molecule has 12 nitrogen and oxygen atoms in total. The minimum Gasteiger partial charge on any atom is -0.454 e. The Labute approximate surface area is 232 Å². The van der Waals surface area contributed by atoms with Gasteiger partial charge in [0.05, 0.1) is 27.0 Å². The number of rotatable bonds is 10. The number of esters is 2. The van der Waals surface area contributed by atoms with Gasteiger partial charge in [-0.3, -0.25) is 25.0 Å². The quantitative estimate of drug-likeness (QED) is 0.0759. The zero-order valence-corrected chi connectivity index (χ0v) is 21.3.